The monoisotopic (exact) mass is 492 g/mol. The third-order valence-corrected chi connectivity index (χ3v) is 7.17. The minimum atomic E-state index is -5.09. The van der Waals surface area contributed by atoms with Crippen LogP contribution in [0.15, 0.2) is 54.6 Å². The van der Waals surface area contributed by atoms with Gasteiger partial charge in [-0.05, 0) is 48.0 Å². The van der Waals surface area contributed by atoms with E-state index in [1.165, 1.54) is 42.5 Å². The second-order valence-corrected chi connectivity index (χ2v) is 9.31. The van der Waals surface area contributed by atoms with Gasteiger partial charge in [0.15, 0.2) is 4.75 Å². The number of phenolic OH excluding ortho intramolecular Hbond substituents is 2. The van der Waals surface area contributed by atoms with Gasteiger partial charge in [0, 0.05) is 21.2 Å². The van der Waals surface area contributed by atoms with Crippen molar-refractivity contribution in [1.82, 2.24) is 0 Å². The lowest BCUT2D eigenvalue weighted by Crippen LogP contribution is -2.39. The molecule has 3 N–H and O–H groups in total. The van der Waals surface area contributed by atoms with Gasteiger partial charge in [0.05, 0.1) is 10.0 Å². The molecule has 29 heavy (non-hydrogen) atoms. The highest BCUT2D eigenvalue weighted by molar-refractivity contribution is 7.87. The molecule has 152 valence electrons. The Labute approximate surface area is 186 Å². The Balaban J connectivity index is 2.63. The van der Waals surface area contributed by atoms with Crippen molar-refractivity contribution < 1.29 is 23.2 Å². The van der Waals surface area contributed by atoms with E-state index >= 15 is 0 Å². The summed E-state index contributed by atoms with van der Waals surface area (Å²) >= 11 is 24.7. The maximum atomic E-state index is 13.0. The number of hydrogen-bond acceptors (Lipinski definition) is 4. The Morgan fingerprint density at radius 3 is 1.90 bits per heavy atom. The van der Waals surface area contributed by atoms with Gasteiger partial charge in [0.1, 0.15) is 11.5 Å². The number of phenols is 2. The van der Waals surface area contributed by atoms with Crippen molar-refractivity contribution in [2.75, 3.05) is 0 Å². The highest BCUT2D eigenvalue weighted by Gasteiger charge is 2.51. The molecule has 0 spiro atoms. The van der Waals surface area contributed by atoms with Crippen LogP contribution in [0, 0.1) is 0 Å². The van der Waals surface area contributed by atoms with Crippen molar-refractivity contribution in [3.8, 4) is 11.5 Å². The maximum Gasteiger partial charge on any atom is 0.283 e. The molecule has 0 aliphatic heterocycles. The fourth-order valence-corrected chi connectivity index (χ4v) is 5.56. The number of rotatable bonds is 4. The quantitative estimate of drug-likeness (QED) is 0.239. The van der Waals surface area contributed by atoms with Crippen LogP contribution in [0.3, 0.4) is 0 Å². The third-order valence-electron chi connectivity index (χ3n) is 4.36. The molecule has 0 fully saturated rings. The second kappa shape index (κ2) is 7.87. The van der Waals surface area contributed by atoms with Crippen LogP contribution in [-0.4, -0.2) is 23.2 Å². The second-order valence-electron chi connectivity index (χ2n) is 6.12. The number of benzene rings is 3. The van der Waals surface area contributed by atoms with E-state index in [2.05, 4.69) is 0 Å². The van der Waals surface area contributed by atoms with Crippen molar-refractivity contribution in [2.24, 2.45) is 0 Å². The summed E-state index contributed by atoms with van der Waals surface area (Å²) in [5.41, 5.74) is -0.463. The average molecular weight is 494 g/mol. The first kappa shape index (κ1) is 22.0. The molecule has 10 heteroatoms. The van der Waals surface area contributed by atoms with E-state index in [0.29, 0.717) is 0 Å². The van der Waals surface area contributed by atoms with E-state index in [1.54, 1.807) is 0 Å². The topological polar surface area (TPSA) is 94.8 Å². The van der Waals surface area contributed by atoms with Gasteiger partial charge in [-0.1, -0.05) is 58.5 Å². The lowest BCUT2D eigenvalue weighted by Gasteiger charge is -2.34. The lowest BCUT2D eigenvalue weighted by atomic mass is 9.83. The molecule has 1 unspecified atom stereocenters. The SMILES string of the molecule is O=S(=O)(O)C(c1cccc(O)c1)(c1cc(O)ccc1Cl)c1cc(Cl)c(Cl)cc1Cl. The Morgan fingerprint density at radius 1 is 0.690 bits per heavy atom. The summed E-state index contributed by atoms with van der Waals surface area (Å²) in [7, 11) is -5.09. The van der Waals surface area contributed by atoms with Crippen molar-refractivity contribution in [2.45, 2.75) is 4.75 Å². The highest BCUT2D eigenvalue weighted by atomic mass is 35.5. The van der Waals surface area contributed by atoms with Crippen LogP contribution in [0.1, 0.15) is 16.7 Å². The van der Waals surface area contributed by atoms with Crippen LogP contribution in [0.2, 0.25) is 20.1 Å². The molecule has 0 saturated carbocycles. The van der Waals surface area contributed by atoms with Gasteiger partial charge in [-0.15, -0.1) is 0 Å². The molecule has 1 atom stereocenters. The lowest BCUT2D eigenvalue weighted by molar-refractivity contribution is 0.455. The molecule has 3 aromatic carbocycles. The Hall–Kier alpha value is -1.67. The Bertz CT molecular complexity index is 1210. The standard InChI is InChI=1S/C19H12Cl4O5S/c20-15-5-4-12(25)7-13(15)19(29(26,27)28,10-2-1-3-11(24)6-10)14-8-17(22)18(23)9-16(14)21/h1-9,24-25H,(H,26,27,28). The molecule has 0 heterocycles. The van der Waals surface area contributed by atoms with Crippen LogP contribution in [-0.2, 0) is 14.9 Å². The molecule has 0 bridgehead atoms. The fourth-order valence-electron chi connectivity index (χ4n) is 3.18. The zero-order chi connectivity index (χ0) is 21.6. The van der Waals surface area contributed by atoms with Crippen LogP contribution >= 0.6 is 46.4 Å². The van der Waals surface area contributed by atoms with Crippen molar-refractivity contribution in [3.05, 3.63) is 91.4 Å². The summed E-state index contributed by atoms with van der Waals surface area (Å²) in [6.07, 6.45) is 0. The molecule has 0 aliphatic carbocycles. The van der Waals surface area contributed by atoms with Crippen LogP contribution < -0.4 is 0 Å². The molecule has 0 aromatic heterocycles. The molecule has 0 amide bonds. The number of halogens is 4. The minimum Gasteiger partial charge on any atom is -0.508 e. The Kier molecular flexibility index (Phi) is 5.98. The van der Waals surface area contributed by atoms with Gasteiger partial charge in [-0.2, -0.15) is 8.42 Å². The van der Waals surface area contributed by atoms with Crippen LogP contribution in [0.5, 0.6) is 11.5 Å². The molecule has 0 aliphatic rings. The number of aromatic hydroxyl groups is 2. The van der Waals surface area contributed by atoms with Gasteiger partial charge >= 0.3 is 0 Å². The average Bonchev–Trinajstić information content (AvgIpc) is 2.61. The van der Waals surface area contributed by atoms with Crippen molar-refractivity contribution in [3.63, 3.8) is 0 Å². The van der Waals surface area contributed by atoms with Crippen molar-refractivity contribution >= 4 is 56.5 Å². The predicted octanol–water partition coefficient (Wildman–Crippen LogP) is 5.89. The maximum absolute atomic E-state index is 13.0. The molecule has 3 aromatic rings. The normalized spacial score (nSPS) is 13.8. The first-order chi connectivity index (χ1) is 13.5. The van der Waals surface area contributed by atoms with E-state index < -0.39 is 14.9 Å². The summed E-state index contributed by atoms with van der Waals surface area (Å²) in [6.45, 7) is 0. The van der Waals surface area contributed by atoms with Crippen molar-refractivity contribution in [1.29, 1.82) is 0 Å². The largest absolute Gasteiger partial charge is 0.508 e. The van der Waals surface area contributed by atoms with E-state index in [-0.39, 0.29) is 48.3 Å². The summed E-state index contributed by atoms with van der Waals surface area (Å²) in [5.74, 6) is -0.586. The van der Waals surface area contributed by atoms with Gasteiger partial charge in [0.2, 0.25) is 0 Å². The highest BCUT2D eigenvalue weighted by Crippen LogP contribution is 2.50. The molecule has 3 rings (SSSR count). The fraction of sp³-hybridized carbons (Fsp3) is 0.0526. The van der Waals surface area contributed by atoms with E-state index in [1.807, 2.05) is 0 Å². The predicted molar refractivity (Wildman–Crippen MR) is 114 cm³/mol. The van der Waals surface area contributed by atoms with Crippen LogP contribution in [0.4, 0.5) is 0 Å². The molecule has 0 saturated heterocycles. The van der Waals surface area contributed by atoms with Gasteiger partial charge in [0.25, 0.3) is 10.1 Å². The van der Waals surface area contributed by atoms with E-state index in [0.717, 1.165) is 12.1 Å². The summed E-state index contributed by atoms with van der Waals surface area (Å²) in [4.78, 5) is 0. The first-order valence-corrected chi connectivity index (χ1v) is 10.8. The zero-order valence-corrected chi connectivity index (χ0v) is 18.1. The summed E-state index contributed by atoms with van der Waals surface area (Å²) in [5, 5.41) is 19.8. The van der Waals surface area contributed by atoms with Gasteiger partial charge < -0.3 is 10.2 Å². The molecule has 5 nitrogen and oxygen atoms in total. The zero-order valence-electron chi connectivity index (χ0n) is 14.3. The summed E-state index contributed by atoms with van der Waals surface area (Å²) < 4.78 is 34.0. The Morgan fingerprint density at radius 2 is 1.28 bits per heavy atom. The van der Waals surface area contributed by atoms with Crippen LogP contribution in [0.25, 0.3) is 0 Å². The van der Waals surface area contributed by atoms with Gasteiger partial charge in [-0.3, -0.25) is 4.55 Å². The van der Waals surface area contributed by atoms with Gasteiger partial charge in [-0.25, -0.2) is 0 Å². The molecular formula is C19H12Cl4O5S. The summed E-state index contributed by atoms with van der Waals surface area (Å²) in [6, 6.07) is 11.2. The number of hydrogen-bond donors (Lipinski definition) is 3. The smallest absolute Gasteiger partial charge is 0.283 e. The molecule has 0 radical (unpaired) electrons. The third kappa shape index (κ3) is 3.77. The van der Waals surface area contributed by atoms with E-state index in [9.17, 15) is 23.2 Å². The van der Waals surface area contributed by atoms with E-state index in [4.69, 9.17) is 46.4 Å². The first-order valence-electron chi connectivity index (χ1n) is 7.89. The minimum absolute atomic E-state index is 0.0319. The molecular weight excluding hydrogens is 482 g/mol.